The third kappa shape index (κ3) is 8.01. The van der Waals surface area contributed by atoms with Crippen LogP contribution in [0.5, 0.6) is 23.0 Å². The molecule has 36 heavy (non-hydrogen) atoms. The topological polar surface area (TPSA) is 148 Å². The van der Waals surface area contributed by atoms with Gasteiger partial charge in [-0.15, -0.1) is 0 Å². The summed E-state index contributed by atoms with van der Waals surface area (Å²) in [7, 11) is 0. The number of anilines is 2. The summed E-state index contributed by atoms with van der Waals surface area (Å²) in [5.41, 5.74) is 12.7. The van der Waals surface area contributed by atoms with Crippen molar-refractivity contribution < 1.29 is 24.1 Å². The molecule has 0 atom stereocenters. The fraction of sp³-hybridized carbons (Fsp3) is 0.654. The van der Waals surface area contributed by atoms with Crippen LogP contribution < -0.4 is 30.4 Å². The normalized spacial score (nSPS) is 10.9. The average molecular weight is 506 g/mol. The van der Waals surface area contributed by atoms with Crippen LogP contribution in [-0.2, 0) is 6.61 Å². The zero-order valence-electron chi connectivity index (χ0n) is 22.3. The van der Waals surface area contributed by atoms with Crippen LogP contribution >= 0.6 is 0 Å². The van der Waals surface area contributed by atoms with E-state index in [-0.39, 0.29) is 24.3 Å². The van der Waals surface area contributed by atoms with Crippen molar-refractivity contribution in [2.75, 3.05) is 37.9 Å². The minimum atomic E-state index is -0.369. The molecule has 0 unspecified atom stereocenters. The number of benzene rings is 1. The number of nitrogen functional groups attached to an aromatic ring is 2. The highest BCUT2D eigenvalue weighted by atomic mass is 16.6. The van der Waals surface area contributed by atoms with E-state index in [1.54, 1.807) is 0 Å². The lowest BCUT2D eigenvalue weighted by molar-refractivity contribution is 0.214. The summed E-state index contributed by atoms with van der Waals surface area (Å²) in [6.07, 6.45) is 7.17. The van der Waals surface area contributed by atoms with Gasteiger partial charge in [0, 0.05) is 5.56 Å². The Morgan fingerprint density at radius 3 is 1.39 bits per heavy atom. The van der Waals surface area contributed by atoms with Gasteiger partial charge in [-0.05, 0) is 25.7 Å². The van der Waals surface area contributed by atoms with E-state index in [4.69, 9.17) is 30.4 Å². The van der Waals surface area contributed by atoms with Crippen LogP contribution in [0.15, 0.2) is 0 Å². The Kier molecular flexibility index (Phi) is 12.9. The Morgan fingerprint density at radius 1 is 0.583 bits per heavy atom. The summed E-state index contributed by atoms with van der Waals surface area (Å²) in [4.78, 5) is 12.5. The molecule has 1 heterocycles. The molecule has 5 N–H and O–H groups in total. The number of unbranched alkanes of at least 4 members (excludes halogenated alkanes) is 4. The first kappa shape index (κ1) is 29.2. The second-order valence-electron chi connectivity index (χ2n) is 8.51. The van der Waals surface area contributed by atoms with Gasteiger partial charge in [0.05, 0.1) is 38.6 Å². The van der Waals surface area contributed by atoms with Crippen molar-refractivity contribution >= 4 is 11.9 Å². The van der Waals surface area contributed by atoms with E-state index >= 15 is 0 Å². The van der Waals surface area contributed by atoms with E-state index in [1.807, 2.05) is 0 Å². The Bertz CT molecular complexity index is 921. The van der Waals surface area contributed by atoms with E-state index in [9.17, 15) is 5.11 Å². The third-order valence-electron chi connectivity index (χ3n) is 5.45. The lowest BCUT2D eigenvalue weighted by Crippen LogP contribution is -2.13. The lowest BCUT2D eigenvalue weighted by Gasteiger charge is -2.25. The molecule has 0 saturated heterocycles. The van der Waals surface area contributed by atoms with E-state index < -0.39 is 0 Å². The fourth-order valence-electron chi connectivity index (χ4n) is 3.44. The van der Waals surface area contributed by atoms with Gasteiger partial charge in [-0.1, -0.05) is 53.4 Å². The van der Waals surface area contributed by atoms with E-state index in [1.165, 1.54) is 0 Å². The predicted molar refractivity (Wildman–Crippen MR) is 142 cm³/mol. The minimum Gasteiger partial charge on any atom is -0.489 e. The van der Waals surface area contributed by atoms with Gasteiger partial charge in [0.2, 0.25) is 23.4 Å². The molecule has 2 aromatic rings. The second-order valence-corrected chi connectivity index (χ2v) is 8.51. The highest BCUT2D eigenvalue weighted by Crippen LogP contribution is 2.53. The molecule has 0 fully saturated rings. The summed E-state index contributed by atoms with van der Waals surface area (Å²) >= 11 is 0. The molecule has 0 spiro atoms. The van der Waals surface area contributed by atoms with E-state index in [2.05, 4.69) is 42.6 Å². The van der Waals surface area contributed by atoms with E-state index in [0.29, 0.717) is 60.6 Å². The molecule has 0 aliphatic heterocycles. The summed E-state index contributed by atoms with van der Waals surface area (Å²) in [6, 6.07) is 0. The molecule has 0 amide bonds. The molecule has 0 aliphatic rings. The van der Waals surface area contributed by atoms with E-state index in [0.717, 1.165) is 51.4 Å². The Morgan fingerprint density at radius 2 is 0.972 bits per heavy atom. The van der Waals surface area contributed by atoms with Crippen molar-refractivity contribution in [2.45, 2.75) is 85.7 Å². The molecule has 202 valence electrons. The van der Waals surface area contributed by atoms with Gasteiger partial charge >= 0.3 is 0 Å². The first-order valence-corrected chi connectivity index (χ1v) is 13.1. The molecule has 0 aliphatic carbocycles. The van der Waals surface area contributed by atoms with Crippen LogP contribution in [0, 0.1) is 0 Å². The van der Waals surface area contributed by atoms with Crippen LogP contribution in [0.2, 0.25) is 0 Å². The first-order valence-electron chi connectivity index (χ1n) is 13.1. The van der Waals surface area contributed by atoms with Gasteiger partial charge in [-0.25, -0.2) is 0 Å². The Hall–Kier alpha value is -3.01. The molecular weight excluding hydrogens is 462 g/mol. The number of rotatable bonds is 18. The van der Waals surface area contributed by atoms with Gasteiger partial charge < -0.3 is 35.5 Å². The molecular formula is C26H43N5O5. The van der Waals surface area contributed by atoms with Crippen LogP contribution in [0.1, 0.15) is 84.6 Å². The SMILES string of the molecule is CCCCOc1c(CO)c(-c2nc(N)nc(N)n2)c(OCCCC)c(OCCCC)c1OCCCC. The number of aromatic nitrogens is 3. The molecule has 10 heteroatoms. The van der Waals surface area contributed by atoms with Crippen molar-refractivity contribution in [1.82, 2.24) is 15.0 Å². The molecule has 0 saturated carbocycles. The number of nitrogens with two attached hydrogens (primary N) is 2. The van der Waals surface area contributed by atoms with Crippen molar-refractivity contribution in [2.24, 2.45) is 0 Å². The van der Waals surface area contributed by atoms with Crippen molar-refractivity contribution in [3.63, 3.8) is 0 Å². The predicted octanol–water partition coefficient (Wildman–Crippen LogP) is 4.91. The summed E-state index contributed by atoms with van der Waals surface area (Å²) in [6.45, 7) is 9.78. The van der Waals surface area contributed by atoms with Gasteiger partial charge in [0.25, 0.3) is 0 Å². The quantitative estimate of drug-likeness (QED) is 0.239. The fourth-order valence-corrected chi connectivity index (χ4v) is 3.44. The number of hydrogen-bond acceptors (Lipinski definition) is 10. The summed E-state index contributed by atoms with van der Waals surface area (Å²) < 4.78 is 25.1. The van der Waals surface area contributed by atoms with Crippen LogP contribution in [-0.4, -0.2) is 46.5 Å². The smallest absolute Gasteiger partial charge is 0.225 e. The van der Waals surface area contributed by atoms with Crippen molar-refractivity contribution in [3.05, 3.63) is 5.56 Å². The molecule has 0 bridgehead atoms. The van der Waals surface area contributed by atoms with Gasteiger partial charge in [0.1, 0.15) is 0 Å². The first-order chi connectivity index (χ1) is 17.5. The third-order valence-corrected chi connectivity index (χ3v) is 5.45. The number of nitrogens with zero attached hydrogens (tertiary/aromatic N) is 3. The van der Waals surface area contributed by atoms with Crippen LogP contribution in [0.3, 0.4) is 0 Å². The maximum atomic E-state index is 10.6. The average Bonchev–Trinajstić information content (AvgIpc) is 2.85. The molecule has 2 rings (SSSR count). The number of aliphatic hydroxyl groups excluding tert-OH is 1. The molecule has 10 nitrogen and oxygen atoms in total. The number of ether oxygens (including phenoxy) is 4. The largest absolute Gasteiger partial charge is 0.489 e. The van der Waals surface area contributed by atoms with Crippen LogP contribution in [0.4, 0.5) is 11.9 Å². The maximum Gasteiger partial charge on any atom is 0.225 e. The van der Waals surface area contributed by atoms with Crippen LogP contribution in [0.25, 0.3) is 11.4 Å². The minimum absolute atomic E-state index is 0.0360. The molecule has 0 radical (unpaired) electrons. The zero-order valence-corrected chi connectivity index (χ0v) is 22.3. The maximum absolute atomic E-state index is 10.6. The Balaban J connectivity index is 2.87. The van der Waals surface area contributed by atoms with Gasteiger partial charge in [-0.3, -0.25) is 0 Å². The number of hydrogen-bond donors (Lipinski definition) is 3. The molecule has 1 aromatic carbocycles. The second kappa shape index (κ2) is 15.9. The molecule has 1 aromatic heterocycles. The summed E-state index contributed by atoms with van der Waals surface area (Å²) in [5.74, 6) is 1.71. The van der Waals surface area contributed by atoms with Crippen molar-refractivity contribution in [1.29, 1.82) is 0 Å². The standard InChI is InChI=1S/C26H43N5O5/c1-5-9-13-33-20-18(17-32)19(24-29-25(27)31-26(28)30-24)21(34-14-10-6-2)23(36-16-12-8-4)22(20)35-15-11-7-3/h32H,5-17H2,1-4H3,(H4,27,28,29,30,31). The van der Waals surface area contributed by atoms with Gasteiger partial charge in [0.15, 0.2) is 17.3 Å². The highest BCUT2D eigenvalue weighted by molar-refractivity contribution is 5.81. The van der Waals surface area contributed by atoms with Crippen molar-refractivity contribution in [3.8, 4) is 34.4 Å². The van der Waals surface area contributed by atoms with Gasteiger partial charge in [-0.2, -0.15) is 15.0 Å². The Labute approximate surface area is 214 Å². The zero-order chi connectivity index (χ0) is 26.3. The monoisotopic (exact) mass is 505 g/mol. The lowest BCUT2D eigenvalue weighted by atomic mass is 10.0. The number of aliphatic hydroxyl groups is 1. The summed E-state index contributed by atoms with van der Waals surface area (Å²) in [5, 5.41) is 10.6. The highest BCUT2D eigenvalue weighted by Gasteiger charge is 2.31.